The zero-order chi connectivity index (χ0) is 15.9. The predicted molar refractivity (Wildman–Crippen MR) is 82.5 cm³/mol. The number of methoxy groups -OCH3 is 1. The van der Waals surface area contributed by atoms with Crippen molar-refractivity contribution < 1.29 is 14.3 Å². The van der Waals surface area contributed by atoms with Crippen molar-refractivity contribution in [3.8, 4) is 0 Å². The maximum absolute atomic E-state index is 12.3. The van der Waals surface area contributed by atoms with Gasteiger partial charge in [-0.3, -0.25) is 14.6 Å². The highest BCUT2D eigenvalue weighted by Gasteiger charge is 2.21. The van der Waals surface area contributed by atoms with Crippen molar-refractivity contribution in [2.24, 2.45) is 0 Å². The summed E-state index contributed by atoms with van der Waals surface area (Å²) in [6.45, 7) is 0. The van der Waals surface area contributed by atoms with E-state index in [1.807, 2.05) is 0 Å². The Bertz CT molecular complexity index is 661. The van der Waals surface area contributed by atoms with Crippen LogP contribution in [0.4, 0.5) is 0 Å². The molecule has 1 amide bonds. The monoisotopic (exact) mass is 318 g/mol. The van der Waals surface area contributed by atoms with Crippen molar-refractivity contribution in [2.45, 2.75) is 12.5 Å². The molecule has 2 aromatic rings. The highest BCUT2D eigenvalue weighted by atomic mass is 35.5. The summed E-state index contributed by atoms with van der Waals surface area (Å²) in [5.74, 6) is -0.765. The van der Waals surface area contributed by atoms with E-state index in [1.165, 1.54) is 13.3 Å². The lowest BCUT2D eigenvalue weighted by Crippen LogP contribution is -2.30. The van der Waals surface area contributed by atoms with Crippen molar-refractivity contribution in [1.82, 2.24) is 10.3 Å². The topological polar surface area (TPSA) is 68.3 Å². The third kappa shape index (κ3) is 4.05. The van der Waals surface area contributed by atoms with Gasteiger partial charge in [-0.1, -0.05) is 29.8 Å². The SMILES string of the molecule is COC(=O)CC(NC(=O)c1cccnc1)c1ccccc1Cl. The zero-order valence-electron chi connectivity index (χ0n) is 12.0. The van der Waals surface area contributed by atoms with E-state index >= 15 is 0 Å². The van der Waals surface area contributed by atoms with E-state index in [2.05, 4.69) is 15.0 Å². The van der Waals surface area contributed by atoms with Gasteiger partial charge in [-0.2, -0.15) is 0 Å². The summed E-state index contributed by atoms with van der Waals surface area (Å²) in [5, 5.41) is 3.27. The molecule has 0 aliphatic heterocycles. The van der Waals surface area contributed by atoms with Gasteiger partial charge in [0, 0.05) is 17.4 Å². The molecule has 0 bridgehead atoms. The number of aromatic nitrogens is 1. The van der Waals surface area contributed by atoms with Crippen molar-refractivity contribution in [2.75, 3.05) is 7.11 Å². The lowest BCUT2D eigenvalue weighted by Gasteiger charge is -2.19. The minimum absolute atomic E-state index is 0.00770. The molecule has 2 rings (SSSR count). The van der Waals surface area contributed by atoms with Gasteiger partial charge >= 0.3 is 5.97 Å². The molecule has 0 aliphatic carbocycles. The lowest BCUT2D eigenvalue weighted by atomic mass is 10.0. The molecule has 5 nitrogen and oxygen atoms in total. The first kappa shape index (κ1) is 16.0. The van der Waals surface area contributed by atoms with Crippen LogP contribution in [-0.2, 0) is 9.53 Å². The van der Waals surface area contributed by atoms with E-state index < -0.39 is 12.0 Å². The Morgan fingerprint density at radius 3 is 2.68 bits per heavy atom. The first-order valence-electron chi connectivity index (χ1n) is 6.64. The van der Waals surface area contributed by atoms with Crippen LogP contribution in [0.1, 0.15) is 28.4 Å². The van der Waals surface area contributed by atoms with E-state index in [0.717, 1.165) is 0 Å². The third-order valence-corrected chi connectivity index (χ3v) is 3.45. The fourth-order valence-corrected chi connectivity index (χ4v) is 2.25. The normalized spacial score (nSPS) is 11.5. The second-order valence-corrected chi connectivity index (χ2v) is 4.98. The maximum Gasteiger partial charge on any atom is 0.307 e. The molecule has 1 atom stereocenters. The second-order valence-electron chi connectivity index (χ2n) is 4.57. The van der Waals surface area contributed by atoms with E-state index in [1.54, 1.807) is 42.6 Å². The molecule has 0 radical (unpaired) electrons. The summed E-state index contributed by atoms with van der Waals surface area (Å²) in [5.41, 5.74) is 1.07. The predicted octanol–water partition coefficient (Wildman–Crippen LogP) is 2.77. The average molecular weight is 319 g/mol. The largest absolute Gasteiger partial charge is 0.469 e. The van der Waals surface area contributed by atoms with Crippen LogP contribution in [0.2, 0.25) is 5.02 Å². The number of ether oxygens (including phenoxy) is 1. The van der Waals surface area contributed by atoms with Gasteiger partial charge in [-0.15, -0.1) is 0 Å². The first-order valence-corrected chi connectivity index (χ1v) is 7.01. The Hall–Kier alpha value is -2.40. The lowest BCUT2D eigenvalue weighted by molar-refractivity contribution is -0.141. The van der Waals surface area contributed by atoms with Crippen molar-refractivity contribution in [1.29, 1.82) is 0 Å². The summed E-state index contributed by atoms with van der Waals surface area (Å²) >= 11 is 6.16. The summed E-state index contributed by atoms with van der Waals surface area (Å²) in [6, 6.07) is 9.78. The van der Waals surface area contributed by atoms with E-state index in [-0.39, 0.29) is 12.3 Å². The highest BCUT2D eigenvalue weighted by molar-refractivity contribution is 6.31. The molecule has 1 aromatic heterocycles. The number of carbonyl (C=O) groups excluding carboxylic acids is 2. The molecular formula is C16H15ClN2O3. The molecule has 22 heavy (non-hydrogen) atoms. The molecular weight excluding hydrogens is 304 g/mol. The summed E-state index contributed by atoms with van der Waals surface area (Å²) in [4.78, 5) is 27.8. The Labute approximate surface area is 133 Å². The third-order valence-electron chi connectivity index (χ3n) is 3.11. The Morgan fingerprint density at radius 1 is 1.27 bits per heavy atom. The van der Waals surface area contributed by atoms with Crippen molar-refractivity contribution in [3.05, 3.63) is 64.9 Å². The van der Waals surface area contributed by atoms with E-state index in [0.29, 0.717) is 16.1 Å². The second kappa shape index (κ2) is 7.56. The highest BCUT2D eigenvalue weighted by Crippen LogP contribution is 2.25. The molecule has 1 unspecified atom stereocenters. The Kier molecular flexibility index (Phi) is 5.49. The Balaban J connectivity index is 2.23. The minimum atomic E-state index is -0.575. The molecule has 114 valence electrons. The number of benzene rings is 1. The molecule has 6 heteroatoms. The van der Waals surface area contributed by atoms with E-state index in [4.69, 9.17) is 11.6 Å². The number of halogens is 1. The van der Waals surface area contributed by atoms with Crippen LogP contribution >= 0.6 is 11.6 Å². The average Bonchev–Trinajstić information content (AvgIpc) is 2.55. The fraction of sp³-hybridized carbons (Fsp3) is 0.188. The molecule has 1 heterocycles. The van der Waals surface area contributed by atoms with Crippen LogP contribution in [0.3, 0.4) is 0 Å². The molecule has 1 aromatic carbocycles. The van der Waals surface area contributed by atoms with Crippen LogP contribution < -0.4 is 5.32 Å². The van der Waals surface area contributed by atoms with Crippen molar-refractivity contribution in [3.63, 3.8) is 0 Å². The summed E-state index contributed by atoms with van der Waals surface area (Å²) < 4.78 is 4.68. The summed E-state index contributed by atoms with van der Waals surface area (Å²) in [7, 11) is 1.30. The van der Waals surface area contributed by atoms with Gasteiger partial charge in [0.05, 0.1) is 25.1 Å². The van der Waals surface area contributed by atoms with Crippen LogP contribution in [-0.4, -0.2) is 24.0 Å². The molecule has 0 fully saturated rings. The van der Waals surface area contributed by atoms with Crippen molar-refractivity contribution >= 4 is 23.5 Å². The summed E-state index contributed by atoms with van der Waals surface area (Å²) in [6.07, 6.45) is 3.03. The van der Waals surface area contributed by atoms with Crippen LogP contribution in [0, 0.1) is 0 Å². The number of hydrogen-bond acceptors (Lipinski definition) is 4. The molecule has 0 saturated carbocycles. The number of rotatable bonds is 5. The van der Waals surface area contributed by atoms with E-state index in [9.17, 15) is 9.59 Å². The van der Waals surface area contributed by atoms with Gasteiger partial charge < -0.3 is 10.1 Å². The van der Waals surface area contributed by atoms with Gasteiger partial charge in [0.2, 0.25) is 0 Å². The number of pyridine rings is 1. The van der Waals surface area contributed by atoms with Crippen LogP contribution in [0.25, 0.3) is 0 Å². The number of amides is 1. The molecule has 1 N–H and O–H groups in total. The smallest absolute Gasteiger partial charge is 0.307 e. The Morgan fingerprint density at radius 2 is 2.05 bits per heavy atom. The standard InChI is InChI=1S/C16H15ClN2O3/c1-22-15(20)9-14(12-6-2-3-7-13(12)17)19-16(21)11-5-4-8-18-10-11/h2-8,10,14H,9H2,1H3,(H,19,21). The molecule has 0 aliphatic rings. The van der Waals surface area contributed by atoms with Gasteiger partial charge in [-0.25, -0.2) is 0 Å². The number of carbonyl (C=O) groups is 2. The van der Waals surface area contributed by atoms with Gasteiger partial charge in [0.25, 0.3) is 5.91 Å². The van der Waals surface area contributed by atoms with Crippen LogP contribution in [0.5, 0.6) is 0 Å². The number of hydrogen-bond donors (Lipinski definition) is 1. The zero-order valence-corrected chi connectivity index (χ0v) is 12.7. The van der Waals surface area contributed by atoms with Gasteiger partial charge in [0.15, 0.2) is 0 Å². The van der Waals surface area contributed by atoms with Gasteiger partial charge in [-0.05, 0) is 23.8 Å². The van der Waals surface area contributed by atoms with Gasteiger partial charge in [0.1, 0.15) is 0 Å². The minimum Gasteiger partial charge on any atom is -0.469 e. The fourth-order valence-electron chi connectivity index (χ4n) is 1.99. The number of nitrogens with zero attached hydrogens (tertiary/aromatic N) is 1. The first-order chi connectivity index (χ1) is 10.6. The number of esters is 1. The maximum atomic E-state index is 12.3. The number of nitrogens with one attached hydrogen (secondary N) is 1. The molecule has 0 saturated heterocycles. The quantitative estimate of drug-likeness (QED) is 0.861. The molecule has 0 spiro atoms. The van der Waals surface area contributed by atoms with Crippen LogP contribution in [0.15, 0.2) is 48.8 Å².